The predicted molar refractivity (Wildman–Crippen MR) is 52.7 cm³/mol. The van der Waals surface area contributed by atoms with Crippen LogP contribution in [0.5, 0.6) is 0 Å². The fourth-order valence-electron chi connectivity index (χ4n) is 2.16. The summed E-state index contributed by atoms with van der Waals surface area (Å²) in [6, 6.07) is 0. The lowest BCUT2D eigenvalue weighted by molar-refractivity contribution is -0.208. The monoisotopic (exact) mass is 198 g/mol. The lowest BCUT2D eigenvalue weighted by Gasteiger charge is -2.22. The highest BCUT2D eigenvalue weighted by molar-refractivity contribution is 4.92. The zero-order chi connectivity index (χ0) is 10.3. The number of ether oxygens (including phenoxy) is 3. The summed E-state index contributed by atoms with van der Waals surface area (Å²) in [6.45, 7) is 9.70. The molecular weight excluding hydrogens is 180 g/mol. The highest BCUT2D eigenvalue weighted by Gasteiger charge is 2.52. The van der Waals surface area contributed by atoms with Crippen LogP contribution in [-0.4, -0.2) is 24.3 Å². The van der Waals surface area contributed by atoms with Gasteiger partial charge in [-0.25, -0.2) is 0 Å². The first-order valence-corrected chi connectivity index (χ1v) is 5.15. The van der Waals surface area contributed by atoms with Gasteiger partial charge in [-0.2, -0.15) is 0 Å². The molecule has 1 unspecified atom stereocenters. The van der Waals surface area contributed by atoms with E-state index >= 15 is 0 Å². The Kier molecular flexibility index (Phi) is 2.41. The molecule has 0 aromatic heterocycles. The highest BCUT2D eigenvalue weighted by atomic mass is 16.8. The molecule has 2 fully saturated rings. The fourth-order valence-corrected chi connectivity index (χ4v) is 2.16. The number of hydrogen-bond donors (Lipinski definition) is 0. The maximum atomic E-state index is 5.78. The molecule has 0 bridgehead atoms. The molecule has 2 aliphatic heterocycles. The van der Waals surface area contributed by atoms with Crippen molar-refractivity contribution < 1.29 is 14.2 Å². The van der Waals surface area contributed by atoms with E-state index in [9.17, 15) is 0 Å². The Balaban J connectivity index is 2.04. The summed E-state index contributed by atoms with van der Waals surface area (Å²) in [4.78, 5) is 0. The average Bonchev–Trinajstić information content (AvgIpc) is 2.50. The molecule has 80 valence electrons. The third-order valence-corrected chi connectivity index (χ3v) is 2.90. The van der Waals surface area contributed by atoms with Crippen LogP contribution in [0.2, 0.25) is 0 Å². The van der Waals surface area contributed by atoms with E-state index in [0.29, 0.717) is 5.92 Å². The van der Waals surface area contributed by atoms with Gasteiger partial charge in [-0.3, -0.25) is 0 Å². The van der Waals surface area contributed by atoms with Crippen LogP contribution in [0, 0.1) is 5.92 Å². The van der Waals surface area contributed by atoms with Crippen LogP contribution in [0.15, 0.2) is 12.7 Å². The second kappa shape index (κ2) is 3.33. The Morgan fingerprint density at radius 2 is 2.07 bits per heavy atom. The minimum atomic E-state index is -0.497. The maximum absolute atomic E-state index is 5.78. The topological polar surface area (TPSA) is 27.7 Å². The zero-order valence-electron chi connectivity index (χ0n) is 9.03. The van der Waals surface area contributed by atoms with E-state index in [2.05, 4.69) is 13.5 Å². The quantitative estimate of drug-likeness (QED) is 0.636. The van der Waals surface area contributed by atoms with E-state index in [0.717, 1.165) is 6.42 Å². The first-order chi connectivity index (χ1) is 6.53. The zero-order valence-corrected chi connectivity index (χ0v) is 9.03. The van der Waals surface area contributed by atoms with Crippen LogP contribution in [0.3, 0.4) is 0 Å². The molecule has 0 saturated carbocycles. The van der Waals surface area contributed by atoms with Gasteiger partial charge >= 0.3 is 0 Å². The van der Waals surface area contributed by atoms with Crippen molar-refractivity contribution in [3.05, 3.63) is 12.7 Å². The molecule has 0 aromatic carbocycles. The predicted octanol–water partition coefficient (Wildman–Crippen LogP) is 2.08. The Bertz CT molecular complexity index is 237. The van der Waals surface area contributed by atoms with Crippen LogP contribution < -0.4 is 0 Å². The second-order valence-corrected chi connectivity index (χ2v) is 4.53. The summed E-state index contributed by atoms with van der Waals surface area (Å²) in [5.41, 5.74) is 0. The van der Waals surface area contributed by atoms with Gasteiger partial charge in [-0.05, 0) is 20.3 Å². The molecule has 0 N–H and O–H groups in total. The molecule has 2 heterocycles. The van der Waals surface area contributed by atoms with Crippen molar-refractivity contribution in [2.24, 2.45) is 5.92 Å². The van der Waals surface area contributed by atoms with E-state index in [1.165, 1.54) is 0 Å². The average molecular weight is 198 g/mol. The van der Waals surface area contributed by atoms with Crippen molar-refractivity contribution in [2.45, 2.75) is 51.5 Å². The molecular formula is C11H18O3. The van der Waals surface area contributed by atoms with E-state index < -0.39 is 5.79 Å². The van der Waals surface area contributed by atoms with E-state index in [1.54, 1.807) is 0 Å². The summed E-state index contributed by atoms with van der Waals surface area (Å²) in [6.07, 6.45) is 2.83. The smallest absolute Gasteiger partial charge is 0.187 e. The highest BCUT2D eigenvalue weighted by Crippen LogP contribution is 2.41. The largest absolute Gasteiger partial charge is 0.346 e. The maximum Gasteiger partial charge on any atom is 0.187 e. The van der Waals surface area contributed by atoms with Crippen LogP contribution in [0.25, 0.3) is 0 Å². The van der Waals surface area contributed by atoms with E-state index in [4.69, 9.17) is 14.2 Å². The van der Waals surface area contributed by atoms with Gasteiger partial charge in [0.2, 0.25) is 0 Å². The summed E-state index contributed by atoms with van der Waals surface area (Å²) < 4.78 is 17.2. The normalized spacial score (nSPS) is 45.1. The first-order valence-electron chi connectivity index (χ1n) is 5.15. The van der Waals surface area contributed by atoms with Gasteiger partial charge in [0.05, 0.1) is 6.10 Å². The minimum Gasteiger partial charge on any atom is -0.346 e. The molecule has 0 aliphatic carbocycles. The standard InChI is InChI=1S/C11H18O3/c1-5-6-8-7(2)9-10(12-8)14-11(3,4)13-9/h5,7-10H,1,6H2,2-4H3/t7-,8?,9+,10+/m0/s1. The van der Waals surface area contributed by atoms with E-state index in [-0.39, 0.29) is 18.5 Å². The molecule has 3 heteroatoms. The van der Waals surface area contributed by atoms with Crippen molar-refractivity contribution >= 4 is 0 Å². The summed E-state index contributed by atoms with van der Waals surface area (Å²) >= 11 is 0. The lowest BCUT2D eigenvalue weighted by Crippen LogP contribution is -2.28. The SMILES string of the molecule is C=CCC1O[C@@H]2OC(C)(C)O[C@@H]2[C@H]1C. The number of fused-ring (bicyclic) bond motifs is 1. The molecule has 0 radical (unpaired) electrons. The molecule has 3 nitrogen and oxygen atoms in total. The Labute approximate surface area is 85.0 Å². The molecule has 14 heavy (non-hydrogen) atoms. The molecule has 4 atom stereocenters. The van der Waals surface area contributed by atoms with Crippen LogP contribution in [0.4, 0.5) is 0 Å². The van der Waals surface area contributed by atoms with Gasteiger partial charge < -0.3 is 14.2 Å². The van der Waals surface area contributed by atoms with E-state index in [1.807, 2.05) is 19.9 Å². The van der Waals surface area contributed by atoms with Crippen molar-refractivity contribution in [1.82, 2.24) is 0 Å². The van der Waals surface area contributed by atoms with Gasteiger partial charge in [0.1, 0.15) is 6.10 Å². The Morgan fingerprint density at radius 1 is 1.36 bits per heavy atom. The number of hydrogen-bond acceptors (Lipinski definition) is 3. The van der Waals surface area contributed by atoms with Crippen molar-refractivity contribution in [2.75, 3.05) is 0 Å². The third kappa shape index (κ3) is 1.60. The molecule has 0 spiro atoms. The van der Waals surface area contributed by atoms with Crippen molar-refractivity contribution in [1.29, 1.82) is 0 Å². The second-order valence-electron chi connectivity index (χ2n) is 4.53. The summed E-state index contributed by atoms with van der Waals surface area (Å²) in [5.74, 6) is -0.122. The first kappa shape index (κ1) is 10.1. The molecule has 2 rings (SSSR count). The van der Waals surface area contributed by atoms with Gasteiger partial charge in [-0.15, -0.1) is 6.58 Å². The summed E-state index contributed by atoms with van der Waals surface area (Å²) in [7, 11) is 0. The molecule has 2 saturated heterocycles. The Hall–Kier alpha value is -0.380. The Morgan fingerprint density at radius 3 is 2.64 bits per heavy atom. The molecule has 2 aliphatic rings. The van der Waals surface area contributed by atoms with Crippen LogP contribution in [-0.2, 0) is 14.2 Å². The molecule has 0 aromatic rings. The fraction of sp³-hybridized carbons (Fsp3) is 0.818. The third-order valence-electron chi connectivity index (χ3n) is 2.90. The summed E-state index contributed by atoms with van der Waals surface area (Å²) in [5, 5.41) is 0. The van der Waals surface area contributed by atoms with Crippen LogP contribution in [0.1, 0.15) is 27.2 Å². The minimum absolute atomic E-state index is 0.0787. The van der Waals surface area contributed by atoms with Gasteiger partial charge in [-0.1, -0.05) is 13.0 Å². The van der Waals surface area contributed by atoms with Gasteiger partial charge in [0.25, 0.3) is 0 Å². The van der Waals surface area contributed by atoms with Crippen LogP contribution >= 0.6 is 0 Å². The van der Waals surface area contributed by atoms with Crippen molar-refractivity contribution in [3.63, 3.8) is 0 Å². The lowest BCUT2D eigenvalue weighted by atomic mass is 9.99. The number of rotatable bonds is 2. The molecule has 0 amide bonds. The van der Waals surface area contributed by atoms with Crippen molar-refractivity contribution in [3.8, 4) is 0 Å². The van der Waals surface area contributed by atoms with Gasteiger partial charge in [0.15, 0.2) is 12.1 Å². The van der Waals surface area contributed by atoms with Gasteiger partial charge in [0, 0.05) is 5.92 Å².